The van der Waals surface area contributed by atoms with Crippen molar-refractivity contribution in [3.8, 4) is 17.2 Å². The molecular formula is C20H21N3O4. The molecule has 0 aliphatic heterocycles. The molecule has 0 atom stereocenters. The van der Waals surface area contributed by atoms with E-state index >= 15 is 0 Å². The molecule has 3 rings (SSSR count). The third-order valence-electron chi connectivity index (χ3n) is 4.09. The smallest absolute Gasteiger partial charge is 0.266 e. The lowest BCUT2D eigenvalue weighted by molar-refractivity contribution is -0.121. The van der Waals surface area contributed by atoms with Gasteiger partial charge in [-0.2, -0.15) is 5.10 Å². The fraction of sp³-hybridized carbons (Fsp3) is 0.250. The SMILES string of the molecule is COc1ccc(CCC(=O)NCCn2nc(-c3ccco3)ccc2=O)cc1. The Labute approximate surface area is 156 Å². The lowest BCUT2D eigenvalue weighted by atomic mass is 10.1. The maximum atomic E-state index is 12.0. The summed E-state index contributed by atoms with van der Waals surface area (Å²) in [5, 5.41) is 7.09. The fourth-order valence-corrected chi connectivity index (χ4v) is 2.60. The second-order valence-corrected chi connectivity index (χ2v) is 5.96. The number of benzene rings is 1. The van der Waals surface area contributed by atoms with Gasteiger partial charge in [0.2, 0.25) is 5.91 Å². The molecule has 1 N–H and O–H groups in total. The van der Waals surface area contributed by atoms with Gasteiger partial charge in [-0.25, -0.2) is 4.68 Å². The Morgan fingerprint density at radius 3 is 2.70 bits per heavy atom. The molecule has 2 aromatic heterocycles. The lowest BCUT2D eigenvalue weighted by Gasteiger charge is -2.08. The predicted molar refractivity (Wildman–Crippen MR) is 101 cm³/mol. The van der Waals surface area contributed by atoms with Gasteiger partial charge < -0.3 is 14.5 Å². The van der Waals surface area contributed by atoms with Crippen molar-refractivity contribution < 1.29 is 13.9 Å². The van der Waals surface area contributed by atoms with E-state index in [0.29, 0.717) is 37.4 Å². The molecule has 0 bridgehead atoms. The van der Waals surface area contributed by atoms with Gasteiger partial charge in [0.05, 0.1) is 19.9 Å². The Bertz CT molecular complexity index is 931. The molecule has 1 aromatic carbocycles. The van der Waals surface area contributed by atoms with Crippen molar-refractivity contribution in [2.45, 2.75) is 19.4 Å². The number of rotatable bonds is 8. The van der Waals surface area contributed by atoms with Crippen LogP contribution in [0.15, 0.2) is 64.0 Å². The normalized spacial score (nSPS) is 10.6. The summed E-state index contributed by atoms with van der Waals surface area (Å²) in [6.07, 6.45) is 2.57. The number of methoxy groups -OCH3 is 1. The first-order valence-corrected chi connectivity index (χ1v) is 8.67. The summed E-state index contributed by atoms with van der Waals surface area (Å²) in [5.74, 6) is 1.31. The van der Waals surface area contributed by atoms with Crippen LogP contribution in [0, 0.1) is 0 Å². The van der Waals surface area contributed by atoms with Crippen molar-refractivity contribution in [3.63, 3.8) is 0 Å². The molecule has 0 aliphatic rings. The summed E-state index contributed by atoms with van der Waals surface area (Å²) in [5.41, 5.74) is 1.42. The molecule has 140 valence electrons. The molecule has 7 heteroatoms. The third-order valence-corrected chi connectivity index (χ3v) is 4.09. The summed E-state index contributed by atoms with van der Waals surface area (Å²) in [6.45, 7) is 0.623. The van der Waals surface area contributed by atoms with Gasteiger partial charge in [-0.15, -0.1) is 0 Å². The van der Waals surface area contributed by atoms with Crippen LogP contribution < -0.4 is 15.6 Å². The Balaban J connectivity index is 1.48. The summed E-state index contributed by atoms with van der Waals surface area (Å²) in [6, 6.07) is 14.2. The van der Waals surface area contributed by atoms with Crippen molar-refractivity contribution in [2.24, 2.45) is 0 Å². The third kappa shape index (κ3) is 5.07. The molecule has 0 fully saturated rings. The highest BCUT2D eigenvalue weighted by atomic mass is 16.5. The van der Waals surface area contributed by atoms with Gasteiger partial charge in [-0.3, -0.25) is 9.59 Å². The molecule has 0 unspecified atom stereocenters. The molecule has 0 saturated heterocycles. The number of aromatic nitrogens is 2. The highest BCUT2D eigenvalue weighted by Gasteiger charge is 2.07. The van der Waals surface area contributed by atoms with E-state index in [1.807, 2.05) is 24.3 Å². The van der Waals surface area contributed by atoms with E-state index in [1.54, 1.807) is 31.6 Å². The van der Waals surface area contributed by atoms with Crippen molar-refractivity contribution in [1.82, 2.24) is 15.1 Å². The van der Waals surface area contributed by atoms with Gasteiger partial charge in [0.25, 0.3) is 5.56 Å². The highest BCUT2D eigenvalue weighted by molar-refractivity contribution is 5.76. The van der Waals surface area contributed by atoms with E-state index in [-0.39, 0.29) is 11.5 Å². The quantitative estimate of drug-likeness (QED) is 0.660. The van der Waals surface area contributed by atoms with E-state index in [0.717, 1.165) is 11.3 Å². The van der Waals surface area contributed by atoms with Gasteiger partial charge in [-0.05, 0) is 42.3 Å². The summed E-state index contributed by atoms with van der Waals surface area (Å²) in [4.78, 5) is 23.9. The summed E-state index contributed by atoms with van der Waals surface area (Å²) in [7, 11) is 1.62. The first-order valence-electron chi connectivity index (χ1n) is 8.67. The molecule has 1 amide bonds. The highest BCUT2D eigenvalue weighted by Crippen LogP contribution is 2.15. The molecule has 0 spiro atoms. The number of hydrogen-bond donors (Lipinski definition) is 1. The van der Waals surface area contributed by atoms with E-state index in [9.17, 15) is 9.59 Å². The number of hydrogen-bond acceptors (Lipinski definition) is 5. The molecule has 2 heterocycles. The maximum Gasteiger partial charge on any atom is 0.266 e. The van der Waals surface area contributed by atoms with Gasteiger partial charge in [0, 0.05) is 19.0 Å². The number of nitrogens with one attached hydrogen (secondary N) is 1. The van der Waals surface area contributed by atoms with E-state index in [2.05, 4.69) is 10.4 Å². The van der Waals surface area contributed by atoms with Crippen LogP contribution >= 0.6 is 0 Å². The lowest BCUT2D eigenvalue weighted by Crippen LogP contribution is -2.32. The van der Waals surface area contributed by atoms with Crippen LogP contribution in [-0.2, 0) is 17.8 Å². The zero-order valence-electron chi connectivity index (χ0n) is 15.1. The standard InChI is InChI=1S/C20H21N3O4/c1-26-16-7-4-15(5-8-16)6-10-19(24)21-12-13-23-20(25)11-9-17(22-23)18-3-2-14-27-18/h2-5,7-9,11,14H,6,10,12-13H2,1H3,(H,21,24). The van der Waals surface area contributed by atoms with Crippen molar-refractivity contribution in [3.05, 3.63) is 70.7 Å². The van der Waals surface area contributed by atoms with Crippen LogP contribution in [-0.4, -0.2) is 29.3 Å². The minimum atomic E-state index is -0.224. The van der Waals surface area contributed by atoms with Crippen LogP contribution in [0.2, 0.25) is 0 Å². The maximum absolute atomic E-state index is 12.0. The van der Waals surface area contributed by atoms with Gasteiger partial charge in [0.15, 0.2) is 5.76 Å². The number of furan rings is 1. The summed E-state index contributed by atoms with van der Waals surface area (Å²) < 4.78 is 11.7. The van der Waals surface area contributed by atoms with Crippen molar-refractivity contribution in [2.75, 3.05) is 13.7 Å². The van der Waals surface area contributed by atoms with Crippen LogP contribution in [0.5, 0.6) is 5.75 Å². The second kappa shape index (κ2) is 8.84. The van der Waals surface area contributed by atoms with Crippen LogP contribution in [0.3, 0.4) is 0 Å². The van der Waals surface area contributed by atoms with Crippen LogP contribution in [0.4, 0.5) is 0 Å². The fourth-order valence-electron chi connectivity index (χ4n) is 2.60. The Morgan fingerprint density at radius 2 is 2.00 bits per heavy atom. The molecule has 0 aliphatic carbocycles. The topological polar surface area (TPSA) is 86.4 Å². The average molecular weight is 367 g/mol. The summed E-state index contributed by atoms with van der Waals surface area (Å²) >= 11 is 0. The monoisotopic (exact) mass is 367 g/mol. The van der Waals surface area contributed by atoms with E-state index in [1.165, 1.54) is 10.7 Å². The first-order chi connectivity index (χ1) is 13.2. The van der Waals surface area contributed by atoms with E-state index in [4.69, 9.17) is 9.15 Å². The minimum Gasteiger partial charge on any atom is -0.497 e. The van der Waals surface area contributed by atoms with Crippen molar-refractivity contribution in [1.29, 1.82) is 0 Å². The zero-order chi connectivity index (χ0) is 19.1. The number of aryl methyl sites for hydroxylation is 1. The van der Waals surface area contributed by atoms with Crippen LogP contribution in [0.25, 0.3) is 11.5 Å². The van der Waals surface area contributed by atoms with E-state index < -0.39 is 0 Å². The number of carbonyl (C=O) groups excluding carboxylic acids is 1. The number of ether oxygens (including phenoxy) is 1. The average Bonchev–Trinajstić information content (AvgIpc) is 3.23. The largest absolute Gasteiger partial charge is 0.497 e. The zero-order valence-corrected chi connectivity index (χ0v) is 15.1. The molecular weight excluding hydrogens is 346 g/mol. The molecule has 7 nitrogen and oxygen atoms in total. The Hall–Kier alpha value is -3.35. The number of amides is 1. The molecule has 3 aromatic rings. The first kappa shape index (κ1) is 18.4. The van der Waals surface area contributed by atoms with Gasteiger partial charge >= 0.3 is 0 Å². The molecule has 27 heavy (non-hydrogen) atoms. The van der Waals surface area contributed by atoms with Crippen LogP contribution in [0.1, 0.15) is 12.0 Å². The van der Waals surface area contributed by atoms with Crippen molar-refractivity contribution >= 4 is 5.91 Å². The predicted octanol–water partition coefficient (Wildman–Crippen LogP) is 2.26. The Morgan fingerprint density at radius 1 is 1.19 bits per heavy atom. The minimum absolute atomic E-state index is 0.0685. The Kier molecular flexibility index (Phi) is 6.04. The number of carbonyl (C=O) groups is 1. The second-order valence-electron chi connectivity index (χ2n) is 5.96. The molecule has 0 saturated carbocycles. The number of nitrogens with zero attached hydrogens (tertiary/aromatic N) is 2. The van der Waals surface area contributed by atoms with Gasteiger partial charge in [-0.1, -0.05) is 12.1 Å². The molecule has 0 radical (unpaired) electrons. The van der Waals surface area contributed by atoms with Gasteiger partial charge in [0.1, 0.15) is 11.4 Å².